The minimum Gasteiger partial charge on any atom is -0.384 e. The molecule has 0 spiro atoms. The second kappa shape index (κ2) is 5.01. The van der Waals surface area contributed by atoms with Crippen molar-refractivity contribution in [2.24, 2.45) is 0 Å². The monoisotopic (exact) mass is 258 g/mol. The Morgan fingerprint density at radius 2 is 2.21 bits per heavy atom. The number of nitrogens with two attached hydrogens (primary N) is 1. The van der Waals surface area contributed by atoms with Gasteiger partial charge in [0.05, 0.1) is 24.3 Å². The number of ether oxygens (including phenoxy) is 1. The summed E-state index contributed by atoms with van der Waals surface area (Å²) in [4.78, 5) is 8.39. The highest BCUT2D eigenvalue weighted by Crippen LogP contribution is 2.37. The Morgan fingerprint density at radius 3 is 2.89 bits per heavy atom. The molecule has 2 heterocycles. The normalized spacial score (nSPS) is 22.2. The Hall–Kier alpha value is -1.88. The summed E-state index contributed by atoms with van der Waals surface area (Å²) in [6.45, 7) is 2.83. The fourth-order valence-electron chi connectivity index (χ4n) is 2.51. The zero-order chi connectivity index (χ0) is 13.2. The Kier molecular flexibility index (Phi) is 3.21. The van der Waals surface area contributed by atoms with Gasteiger partial charge in [-0.1, -0.05) is 0 Å². The summed E-state index contributed by atoms with van der Waals surface area (Å²) in [6, 6.07) is 4.27. The molecule has 0 bridgehead atoms. The summed E-state index contributed by atoms with van der Waals surface area (Å²) in [5, 5.41) is 0. The van der Waals surface area contributed by atoms with Crippen LogP contribution in [0.3, 0.4) is 0 Å². The first-order valence-electron chi connectivity index (χ1n) is 6.63. The van der Waals surface area contributed by atoms with Crippen molar-refractivity contribution in [3.63, 3.8) is 0 Å². The van der Waals surface area contributed by atoms with Crippen molar-refractivity contribution in [2.45, 2.75) is 31.9 Å². The highest BCUT2D eigenvalue weighted by atomic mass is 16.5. The molecule has 5 nitrogen and oxygen atoms in total. The van der Waals surface area contributed by atoms with Gasteiger partial charge in [-0.3, -0.25) is 0 Å². The molecule has 0 amide bonds. The number of imidazole rings is 1. The lowest BCUT2D eigenvalue weighted by Crippen LogP contribution is -2.33. The number of aromatic nitrogens is 3. The van der Waals surface area contributed by atoms with Gasteiger partial charge in [0.15, 0.2) is 0 Å². The van der Waals surface area contributed by atoms with E-state index in [1.54, 1.807) is 6.20 Å². The number of nitrogen functional groups attached to an aromatic ring is 1. The van der Waals surface area contributed by atoms with E-state index in [4.69, 9.17) is 10.5 Å². The van der Waals surface area contributed by atoms with E-state index in [2.05, 4.69) is 14.5 Å². The summed E-state index contributed by atoms with van der Waals surface area (Å²) >= 11 is 0. The average molecular weight is 258 g/mol. The number of nitrogens with zero attached hydrogens (tertiary/aromatic N) is 3. The van der Waals surface area contributed by atoms with Gasteiger partial charge in [0, 0.05) is 24.4 Å². The van der Waals surface area contributed by atoms with Crippen LogP contribution in [0.2, 0.25) is 0 Å². The van der Waals surface area contributed by atoms with Crippen LogP contribution in [0.25, 0.3) is 11.3 Å². The van der Waals surface area contributed by atoms with Crippen molar-refractivity contribution in [1.82, 2.24) is 14.5 Å². The van der Waals surface area contributed by atoms with Crippen LogP contribution in [-0.2, 0) is 4.74 Å². The number of anilines is 1. The van der Waals surface area contributed by atoms with Crippen LogP contribution in [0, 0.1) is 0 Å². The van der Waals surface area contributed by atoms with Crippen LogP contribution in [0.15, 0.2) is 30.9 Å². The van der Waals surface area contributed by atoms with Crippen molar-refractivity contribution in [3.05, 3.63) is 30.9 Å². The molecule has 5 heteroatoms. The maximum atomic E-state index is 5.62. The third kappa shape index (κ3) is 2.33. The van der Waals surface area contributed by atoms with Gasteiger partial charge in [0.2, 0.25) is 0 Å². The van der Waals surface area contributed by atoms with Gasteiger partial charge in [-0.15, -0.1) is 0 Å². The molecule has 2 aromatic rings. The zero-order valence-electron chi connectivity index (χ0n) is 11.0. The maximum absolute atomic E-state index is 5.62. The maximum Gasteiger partial charge on any atom is 0.123 e. The summed E-state index contributed by atoms with van der Waals surface area (Å²) in [5.41, 5.74) is 7.75. The van der Waals surface area contributed by atoms with Gasteiger partial charge < -0.3 is 15.0 Å². The van der Waals surface area contributed by atoms with Crippen LogP contribution in [0.5, 0.6) is 0 Å². The molecule has 1 fully saturated rings. The van der Waals surface area contributed by atoms with Gasteiger partial charge in [-0.2, -0.15) is 0 Å². The number of hydrogen-bond donors (Lipinski definition) is 1. The quantitative estimate of drug-likeness (QED) is 0.913. The Balaban J connectivity index is 1.78. The lowest BCUT2D eigenvalue weighted by Gasteiger charge is -2.36. The highest BCUT2D eigenvalue weighted by molar-refractivity contribution is 5.59. The van der Waals surface area contributed by atoms with E-state index in [0.29, 0.717) is 18.0 Å². The Labute approximate surface area is 112 Å². The lowest BCUT2D eigenvalue weighted by atomic mass is 9.88. The minimum atomic E-state index is 0.398. The van der Waals surface area contributed by atoms with Gasteiger partial charge in [0.1, 0.15) is 5.82 Å². The molecule has 100 valence electrons. The molecule has 0 atom stereocenters. The van der Waals surface area contributed by atoms with Crippen molar-refractivity contribution in [1.29, 1.82) is 0 Å². The number of rotatable bonds is 4. The van der Waals surface area contributed by atoms with Gasteiger partial charge >= 0.3 is 0 Å². The molecule has 3 rings (SSSR count). The Morgan fingerprint density at radius 1 is 1.37 bits per heavy atom. The number of pyridine rings is 1. The van der Waals surface area contributed by atoms with E-state index in [9.17, 15) is 0 Å². The molecule has 2 N–H and O–H groups in total. The van der Waals surface area contributed by atoms with Gasteiger partial charge in [-0.05, 0) is 31.9 Å². The molecule has 0 radical (unpaired) electrons. The third-order valence-corrected chi connectivity index (χ3v) is 3.61. The lowest BCUT2D eigenvalue weighted by molar-refractivity contribution is -0.0193. The molecular weight excluding hydrogens is 240 g/mol. The van der Waals surface area contributed by atoms with Gasteiger partial charge in [-0.25, -0.2) is 9.97 Å². The molecule has 1 aliphatic rings. The molecule has 0 aliphatic heterocycles. The average Bonchev–Trinajstić information content (AvgIpc) is 2.83. The van der Waals surface area contributed by atoms with Gasteiger partial charge in [0.25, 0.3) is 0 Å². The molecule has 1 aliphatic carbocycles. The standard InChI is InChI=1S/C14H18N4O/c1-2-19-12-5-11(6-12)18-9-16-8-13(18)10-3-4-14(15)17-7-10/h3-4,7-9,11-12H,2,5-6H2,1H3,(H2,15,17). The molecule has 2 aromatic heterocycles. The topological polar surface area (TPSA) is 66.0 Å². The van der Waals surface area contributed by atoms with E-state index in [1.165, 1.54) is 0 Å². The Bertz CT molecular complexity index is 543. The largest absolute Gasteiger partial charge is 0.384 e. The fourth-order valence-corrected chi connectivity index (χ4v) is 2.51. The van der Waals surface area contributed by atoms with Crippen LogP contribution < -0.4 is 5.73 Å². The van der Waals surface area contributed by atoms with E-state index < -0.39 is 0 Å². The van der Waals surface area contributed by atoms with Crippen molar-refractivity contribution < 1.29 is 4.74 Å². The summed E-state index contributed by atoms with van der Waals surface area (Å²) in [7, 11) is 0. The molecular formula is C14H18N4O. The SMILES string of the molecule is CCOC1CC(n2cncc2-c2ccc(N)nc2)C1. The van der Waals surface area contributed by atoms with Crippen LogP contribution in [0.4, 0.5) is 5.82 Å². The third-order valence-electron chi connectivity index (χ3n) is 3.61. The smallest absolute Gasteiger partial charge is 0.123 e. The van der Waals surface area contributed by atoms with Crippen LogP contribution in [-0.4, -0.2) is 27.2 Å². The molecule has 0 unspecified atom stereocenters. The second-order valence-corrected chi connectivity index (χ2v) is 4.86. The van der Waals surface area contributed by atoms with Crippen LogP contribution in [0.1, 0.15) is 25.8 Å². The van der Waals surface area contributed by atoms with E-state index >= 15 is 0 Å². The van der Waals surface area contributed by atoms with E-state index in [0.717, 1.165) is 30.7 Å². The van der Waals surface area contributed by atoms with Crippen molar-refractivity contribution in [2.75, 3.05) is 12.3 Å². The van der Waals surface area contributed by atoms with E-state index in [1.807, 2.05) is 31.6 Å². The van der Waals surface area contributed by atoms with E-state index in [-0.39, 0.29) is 0 Å². The first-order valence-corrected chi connectivity index (χ1v) is 6.63. The molecule has 0 aromatic carbocycles. The predicted molar refractivity (Wildman–Crippen MR) is 73.6 cm³/mol. The molecule has 0 saturated heterocycles. The summed E-state index contributed by atoms with van der Waals surface area (Å²) < 4.78 is 7.82. The van der Waals surface area contributed by atoms with Crippen LogP contribution >= 0.6 is 0 Å². The molecule has 19 heavy (non-hydrogen) atoms. The first-order chi connectivity index (χ1) is 9.28. The summed E-state index contributed by atoms with van der Waals surface area (Å²) in [5.74, 6) is 0.537. The van der Waals surface area contributed by atoms with Crippen molar-refractivity contribution in [3.8, 4) is 11.3 Å². The summed E-state index contributed by atoms with van der Waals surface area (Å²) in [6.07, 6.45) is 8.07. The minimum absolute atomic E-state index is 0.398. The zero-order valence-corrected chi connectivity index (χ0v) is 11.0. The fraction of sp³-hybridized carbons (Fsp3) is 0.429. The highest BCUT2D eigenvalue weighted by Gasteiger charge is 2.32. The second-order valence-electron chi connectivity index (χ2n) is 4.86. The van der Waals surface area contributed by atoms with Crippen molar-refractivity contribution >= 4 is 5.82 Å². The molecule has 1 saturated carbocycles. The first kappa shape index (κ1) is 12.2. The number of hydrogen-bond acceptors (Lipinski definition) is 4. The predicted octanol–water partition coefficient (Wildman–Crippen LogP) is 2.27.